The smallest absolute Gasteiger partial charge is 0.135 e. The van der Waals surface area contributed by atoms with Crippen LogP contribution in [0, 0.1) is 0 Å². The van der Waals surface area contributed by atoms with Crippen molar-refractivity contribution in [1.82, 2.24) is 20.1 Å². The summed E-state index contributed by atoms with van der Waals surface area (Å²) in [7, 11) is 4.08. The zero-order chi connectivity index (χ0) is 11.4. The first-order valence-electron chi connectivity index (χ1n) is 6.35. The van der Waals surface area contributed by atoms with E-state index in [1.54, 1.807) is 0 Å². The molecule has 90 valence electrons. The number of hydrogen-bond donors (Lipinski definition) is 1. The minimum Gasteiger partial charge on any atom is -0.319 e. The molecule has 1 aliphatic rings. The normalized spacial score (nSPS) is 17.9. The molecule has 0 aromatic carbocycles. The highest BCUT2D eigenvalue weighted by molar-refractivity contribution is 5.02. The first kappa shape index (κ1) is 11.6. The molecule has 0 spiro atoms. The lowest BCUT2D eigenvalue weighted by Crippen LogP contribution is -2.15. The molecule has 1 fully saturated rings. The molecule has 0 aliphatic heterocycles. The second-order valence-electron chi connectivity index (χ2n) is 4.72. The minimum atomic E-state index is 0.648. The highest BCUT2D eigenvalue weighted by atomic mass is 15.3. The number of nitrogens with one attached hydrogen (secondary N) is 1. The van der Waals surface area contributed by atoms with Gasteiger partial charge >= 0.3 is 0 Å². The van der Waals surface area contributed by atoms with Gasteiger partial charge in [0.05, 0.1) is 0 Å². The Morgan fingerprint density at radius 3 is 2.69 bits per heavy atom. The van der Waals surface area contributed by atoms with Gasteiger partial charge in [-0.2, -0.15) is 0 Å². The van der Waals surface area contributed by atoms with Gasteiger partial charge in [-0.25, -0.2) is 0 Å². The zero-order valence-corrected chi connectivity index (χ0v) is 10.4. The average molecular weight is 222 g/mol. The Hall–Kier alpha value is -0.900. The predicted molar refractivity (Wildman–Crippen MR) is 64.5 cm³/mol. The molecule has 0 unspecified atom stereocenters. The van der Waals surface area contributed by atoms with E-state index >= 15 is 0 Å². The molecule has 0 amide bonds. The lowest BCUT2D eigenvalue weighted by atomic mass is 9.89. The largest absolute Gasteiger partial charge is 0.319 e. The van der Waals surface area contributed by atoms with E-state index in [1.165, 1.54) is 37.9 Å². The van der Waals surface area contributed by atoms with Crippen LogP contribution in [0.15, 0.2) is 0 Å². The van der Waals surface area contributed by atoms with Crippen LogP contribution < -0.4 is 5.32 Å². The van der Waals surface area contributed by atoms with Gasteiger partial charge in [0.1, 0.15) is 11.6 Å². The van der Waals surface area contributed by atoms with Crippen molar-refractivity contribution in [3.05, 3.63) is 11.6 Å². The number of aromatic nitrogens is 3. The van der Waals surface area contributed by atoms with Gasteiger partial charge in [-0.1, -0.05) is 19.3 Å². The maximum atomic E-state index is 4.38. The molecule has 1 aliphatic carbocycles. The van der Waals surface area contributed by atoms with E-state index in [-0.39, 0.29) is 0 Å². The molecule has 0 atom stereocenters. The van der Waals surface area contributed by atoms with Gasteiger partial charge in [-0.05, 0) is 19.9 Å². The van der Waals surface area contributed by atoms with Crippen LogP contribution in [-0.4, -0.2) is 28.4 Å². The molecule has 0 saturated heterocycles. The lowest BCUT2D eigenvalue weighted by Gasteiger charge is -2.20. The van der Waals surface area contributed by atoms with Crippen molar-refractivity contribution in [2.24, 2.45) is 7.05 Å². The highest BCUT2D eigenvalue weighted by Gasteiger charge is 2.21. The molecule has 1 N–H and O–H groups in total. The van der Waals surface area contributed by atoms with E-state index in [0.717, 1.165) is 18.8 Å². The fourth-order valence-corrected chi connectivity index (χ4v) is 2.55. The van der Waals surface area contributed by atoms with Gasteiger partial charge in [-0.3, -0.25) is 0 Å². The molecule has 16 heavy (non-hydrogen) atoms. The Morgan fingerprint density at radius 2 is 2.00 bits per heavy atom. The summed E-state index contributed by atoms with van der Waals surface area (Å²) in [4.78, 5) is 0. The average Bonchev–Trinajstić information content (AvgIpc) is 2.69. The Bertz CT molecular complexity index is 326. The molecule has 2 rings (SSSR count). The van der Waals surface area contributed by atoms with E-state index < -0.39 is 0 Å². The summed E-state index contributed by atoms with van der Waals surface area (Å²) in [6, 6.07) is 0. The molecule has 1 aromatic heterocycles. The SMILES string of the molecule is CNCCc1nnc(C2CCCCC2)n1C. The Morgan fingerprint density at radius 1 is 1.25 bits per heavy atom. The van der Waals surface area contributed by atoms with Gasteiger partial charge in [0.2, 0.25) is 0 Å². The molecule has 4 heteroatoms. The van der Waals surface area contributed by atoms with E-state index in [9.17, 15) is 0 Å². The molecule has 1 heterocycles. The van der Waals surface area contributed by atoms with E-state index in [1.807, 2.05) is 7.05 Å². The van der Waals surface area contributed by atoms with Gasteiger partial charge in [-0.15, -0.1) is 10.2 Å². The third-order valence-electron chi connectivity index (χ3n) is 3.57. The van der Waals surface area contributed by atoms with E-state index in [0.29, 0.717) is 5.92 Å². The fraction of sp³-hybridized carbons (Fsp3) is 0.833. The van der Waals surface area contributed by atoms with Crippen molar-refractivity contribution in [2.45, 2.75) is 44.4 Å². The Balaban J connectivity index is 2.06. The number of nitrogens with zero attached hydrogens (tertiary/aromatic N) is 3. The predicted octanol–water partition coefficient (Wildman–Crippen LogP) is 1.62. The number of rotatable bonds is 4. The monoisotopic (exact) mass is 222 g/mol. The van der Waals surface area contributed by atoms with E-state index in [2.05, 4.69) is 27.1 Å². The van der Waals surface area contributed by atoms with Crippen molar-refractivity contribution in [3.63, 3.8) is 0 Å². The molecule has 1 aromatic rings. The van der Waals surface area contributed by atoms with Crippen LogP contribution in [-0.2, 0) is 13.5 Å². The molecule has 0 bridgehead atoms. The van der Waals surface area contributed by atoms with Crippen LogP contribution in [0.25, 0.3) is 0 Å². The second kappa shape index (κ2) is 5.43. The maximum absolute atomic E-state index is 4.38. The van der Waals surface area contributed by atoms with Gasteiger partial charge in [0, 0.05) is 25.9 Å². The highest BCUT2D eigenvalue weighted by Crippen LogP contribution is 2.31. The van der Waals surface area contributed by atoms with Crippen LogP contribution in [0.5, 0.6) is 0 Å². The third kappa shape index (κ3) is 2.43. The van der Waals surface area contributed by atoms with Crippen molar-refractivity contribution < 1.29 is 0 Å². The first-order valence-corrected chi connectivity index (χ1v) is 6.35. The quantitative estimate of drug-likeness (QED) is 0.842. The number of hydrogen-bond acceptors (Lipinski definition) is 3. The standard InChI is InChI=1S/C12H22N4/c1-13-9-8-11-14-15-12(16(11)2)10-6-4-3-5-7-10/h10,13H,3-9H2,1-2H3. The van der Waals surface area contributed by atoms with Crippen LogP contribution in [0.2, 0.25) is 0 Å². The second-order valence-corrected chi connectivity index (χ2v) is 4.72. The molecular weight excluding hydrogens is 200 g/mol. The van der Waals surface area contributed by atoms with Gasteiger partial charge < -0.3 is 9.88 Å². The summed E-state index contributed by atoms with van der Waals surface area (Å²) in [6.45, 7) is 0.969. The Labute approximate surface area is 97.5 Å². The molecule has 1 saturated carbocycles. The molecular formula is C12H22N4. The fourth-order valence-electron chi connectivity index (χ4n) is 2.55. The van der Waals surface area contributed by atoms with Crippen LogP contribution >= 0.6 is 0 Å². The summed E-state index contributed by atoms with van der Waals surface area (Å²) in [5.74, 6) is 2.95. The van der Waals surface area contributed by atoms with Crippen LogP contribution in [0.1, 0.15) is 49.7 Å². The Kier molecular flexibility index (Phi) is 3.93. The summed E-state index contributed by atoms with van der Waals surface area (Å²) < 4.78 is 2.20. The topological polar surface area (TPSA) is 42.7 Å². The summed E-state index contributed by atoms with van der Waals surface area (Å²) in [5, 5.41) is 11.8. The maximum Gasteiger partial charge on any atom is 0.135 e. The number of likely N-dealkylation sites (N-methyl/N-ethyl adjacent to an activating group) is 1. The van der Waals surface area contributed by atoms with Crippen molar-refractivity contribution in [2.75, 3.05) is 13.6 Å². The zero-order valence-electron chi connectivity index (χ0n) is 10.4. The van der Waals surface area contributed by atoms with Crippen molar-refractivity contribution in [3.8, 4) is 0 Å². The lowest BCUT2D eigenvalue weighted by molar-refractivity contribution is 0.419. The third-order valence-corrected chi connectivity index (χ3v) is 3.57. The van der Waals surface area contributed by atoms with Gasteiger partial charge in [0.15, 0.2) is 0 Å². The first-order chi connectivity index (χ1) is 7.83. The van der Waals surface area contributed by atoms with Crippen LogP contribution in [0.3, 0.4) is 0 Å². The molecule has 4 nitrogen and oxygen atoms in total. The van der Waals surface area contributed by atoms with E-state index in [4.69, 9.17) is 0 Å². The van der Waals surface area contributed by atoms with Crippen molar-refractivity contribution in [1.29, 1.82) is 0 Å². The summed E-state index contributed by atoms with van der Waals surface area (Å²) in [6.07, 6.45) is 7.64. The summed E-state index contributed by atoms with van der Waals surface area (Å²) >= 11 is 0. The van der Waals surface area contributed by atoms with Gasteiger partial charge in [0.25, 0.3) is 0 Å². The molecule has 0 radical (unpaired) electrons. The summed E-state index contributed by atoms with van der Waals surface area (Å²) in [5.41, 5.74) is 0. The minimum absolute atomic E-state index is 0.648. The van der Waals surface area contributed by atoms with Crippen molar-refractivity contribution >= 4 is 0 Å². The van der Waals surface area contributed by atoms with Crippen LogP contribution in [0.4, 0.5) is 0 Å².